The van der Waals surface area contributed by atoms with E-state index in [1.807, 2.05) is 11.8 Å². The minimum atomic E-state index is -0.783. The molecule has 0 amide bonds. The summed E-state index contributed by atoms with van der Waals surface area (Å²) in [5, 5.41) is 9.54. The molecule has 0 aromatic carbocycles. The number of carboxylic acids is 1. The molecule has 1 aliphatic carbocycles. The molecule has 1 saturated carbocycles. The van der Waals surface area contributed by atoms with Crippen molar-refractivity contribution < 1.29 is 14.6 Å². The summed E-state index contributed by atoms with van der Waals surface area (Å²) < 4.78 is 5.41. The summed E-state index contributed by atoms with van der Waals surface area (Å²) in [5.41, 5.74) is 0. The second-order valence-corrected chi connectivity index (χ2v) is 5.74. The van der Waals surface area contributed by atoms with Gasteiger partial charge in [0.05, 0.1) is 6.61 Å². The highest BCUT2D eigenvalue weighted by Gasteiger charge is 2.46. The van der Waals surface area contributed by atoms with Gasteiger partial charge in [-0.2, -0.15) is 4.98 Å². The standard InChI is InChI=1S/C15H21N3O3/c1-2-21-13-7-8-16-15(17-13)18-11-6-4-3-5-10(11)9-12(18)14(19)20/h7-8,10-12H,2-6,9H2,1H3,(H,19,20). The van der Waals surface area contributed by atoms with E-state index in [4.69, 9.17) is 4.74 Å². The Labute approximate surface area is 124 Å². The fourth-order valence-corrected chi connectivity index (χ4v) is 3.65. The first-order valence-electron chi connectivity index (χ1n) is 7.67. The molecule has 1 aromatic heterocycles. The fourth-order valence-electron chi connectivity index (χ4n) is 3.65. The van der Waals surface area contributed by atoms with Crippen molar-refractivity contribution in [2.24, 2.45) is 5.92 Å². The van der Waals surface area contributed by atoms with Gasteiger partial charge in [0.15, 0.2) is 0 Å². The number of carbonyl (C=O) groups is 1. The van der Waals surface area contributed by atoms with Gasteiger partial charge in [-0.1, -0.05) is 12.8 Å². The molecular weight excluding hydrogens is 270 g/mol. The first kappa shape index (κ1) is 14.1. The maximum Gasteiger partial charge on any atom is 0.326 e. The van der Waals surface area contributed by atoms with Gasteiger partial charge in [0, 0.05) is 18.3 Å². The number of hydrogen-bond donors (Lipinski definition) is 1. The highest BCUT2D eigenvalue weighted by molar-refractivity contribution is 5.78. The summed E-state index contributed by atoms with van der Waals surface area (Å²) in [7, 11) is 0. The van der Waals surface area contributed by atoms with Crippen LogP contribution in [0.3, 0.4) is 0 Å². The minimum Gasteiger partial charge on any atom is -0.480 e. The van der Waals surface area contributed by atoms with Crippen molar-refractivity contribution in [3.63, 3.8) is 0 Å². The van der Waals surface area contributed by atoms with Gasteiger partial charge in [0.1, 0.15) is 6.04 Å². The Hall–Kier alpha value is -1.85. The van der Waals surface area contributed by atoms with Gasteiger partial charge in [-0.15, -0.1) is 0 Å². The lowest BCUT2D eigenvalue weighted by molar-refractivity contribution is -0.138. The third kappa shape index (κ3) is 2.66. The minimum absolute atomic E-state index is 0.247. The molecule has 6 heteroatoms. The second kappa shape index (κ2) is 5.87. The molecule has 3 unspecified atom stereocenters. The number of aromatic nitrogens is 2. The van der Waals surface area contributed by atoms with Crippen molar-refractivity contribution in [2.75, 3.05) is 11.5 Å². The Balaban J connectivity index is 1.92. The molecule has 21 heavy (non-hydrogen) atoms. The maximum absolute atomic E-state index is 11.6. The van der Waals surface area contributed by atoms with Crippen molar-refractivity contribution in [2.45, 2.75) is 51.1 Å². The van der Waals surface area contributed by atoms with Crippen LogP contribution in [0, 0.1) is 5.92 Å². The fraction of sp³-hybridized carbons (Fsp3) is 0.667. The maximum atomic E-state index is 11.6. The smallest absolute Gasteiger partial charge is 0.326 e. The zero-order valence-electron chi connectivity index (χ0n) is 12.2. The van der Waals surface area contributed by atoms with Gasteiger partial charge in [0.2, 0.25) is 11.8 Å². The summed E-state index contributed by atoms with van der Waals surface area (Å²) in [6.45, 7) is 2.43. The molecule has 2 heterocycles. The van der Waals surface area contributed by atoms with E-state index in [1.54, 1.807) is 12.3 Å². The Kier molecular flexibility index (Phi) is 3.94. The van der Waals surface area contributed by atoms with Gasteiger partial charge in [-0.3, -0.25) is 0 Å². The number of ether oxygens (including phenoxy) is 1. The van der Waals surface area contributed by atoms with Crippen LogP contribution in [0.25, 0.3) is 0 Å². The van der Waals surface area contributed by atoms with Crippen LogP contribution in [0.1, 0.15) is 39.0 Å². The highest BCUT2D eigenvalue weighted by atomic mass is 16.5. The molecule has 1 N–H and O–H groups in total. The van der Waals surface area contributed by atoms with Gasteiger partial charge in [-0.25, -0.2) is 9.78 Å². The molecule has 0 radical (unpaired) electrons. The first-order chi connectivity index (χ1) is 10.2. The average Bonchev–Trinajstić information content (AvgIpc) is 2.87. The number of nitrogens with zero attached hydrogens (tertiary/aromatic N) is 3. The number of anilines is 1. The molecular formula is C15H21N3O3. The normalized spacial score (nSPS) is 28.2. The molecule has 114 valence electrons. The van der Waals surface area contributed by atoms with Crippen LogP contribution < -0.4 is 9.64 Å². The van der Waals surface area contributed by atoms with Crippen LogP contribution in [0.4, 0.5) is 5.95 Å². The molecule has 0 bridgehead atoms. The molecule has 2 fully saturated rings. The summed E-state index contributed by atoms with van der Waals surface area (Å²) >= 11 is 0. The predicted molar refractivity (Wildman–Crippen MR) is 77.5 cm³/mol. The molecule has 1 saturated heterocycles. The van der Waals surface area contributed by atoms with Gasteiger partial charge >= 0.3 is 5.97 Å². The van der Waals surface area contributed by atoms with E-state index < -0.39 is 12.0 Å². The lowest BCUT2D eigenvalue weighted by Gasteiger charge is -2.32. The quantitative estimate of drug-likeness (QED) is 0.915. The van der Waals surface area contributed by atoms with Gasteiger partial charge in [0.25, 0.3) is 0 Å². The number of hydrogen-bond acceptors (Lipinski definition) is 5. The second-order valence-electron chi connectivity index (χ2n) is 5.74. The number of carboxylic acid groups (broad SMARTS) is 1. The number of aliphatic carboxylic acids is 1. The van der Waals surface area contributed by atoms with E-state index in [0.29, 0.717) is 30.8 Å². The van der Waals surface area contributed by atoms with Crippen molar-refractivity contribution in [3.8, 4) is 5.88 Å². The lowest BCUT2D eigenvalue weighted by Crippen LogP contribution is -2.43. The van der Waals surface area contributed by atoms with E-state index in [1.165, 1.54) is 6.42 Å². The van der Waals surface area contributed by atoms with E-state index in [-0.39, 0.29) is 6.04 Å². The Morgan fingerprint density at radius 1 is 1.48 bits per heavy atom. The predicted octanol–water partition coefficient (Wildman–Crippen LogP) is 2.10. The monoisotopic (exact) mass is 291 g/mol. The molecule has 1 aromatic rings. The summed E-state index contributed by atoms with van der Waals surface area (Å²) in [6.07, 6.45) is 6.81. The number of rotatable bonds is 4. The largest absolute Gasteiger partial charge is 0.480 e. The van der Waals surface area contributed by atoms with Gasteiger partial charge in [-0.05, 0) is 32.1 Å². The molecule has 1 aliphatic heterocycles. The van der Waals surface area contributed by atoms with E-state index in [9.17, 15) is 9.90 Å². The van der Waals surface area contributed by atoms with Crippen LogP contribution in [-0.2, 0) is 4.79 Å². The molecule has 2 aliphatic rings. The van der Waals surface area contributed by atoms with E-state index >= 15 is 0 Å². The Morgan fingerprint density at radius 3 is 3.05 bits per heavy atom. The van der Waals surface area contributed by atoms with Crippen molar-refractivity contribution in [1.82, 2.24) is 9.97 Å². The van der Waals surface area contributed by atoms with E-state index in [0.717, 1.165) is 19.3 Å². The topological polar surface area (TPSA) is 75.5 Å². The molecule has 3 atom stereocenters. The van der Waals surface area contributed by atoms with Crippen LogP contribution in [-0.4, -0.2) is 39.7 Å². The Bertz CT molecular complexity index is 523. The zero-order valence-corrected chi connectivity index (χ0v) is 12.2. The lowest BCUT2D eigenvalue weighted by atomic mass is 9.85. The van der Waals surface area contributed by atoms with Crippen LogP contribution in [0.5, 0.6) is 5.88 Å². The molecule has 6 nitrogen and oxygen atoms in total. The van der Waals surface area contributed by atoms with Crippen LogP contribution in [0.15, 0.2) is 12.3 Å². The number of fused-ring (bicyclic) bond motifs is 1. The third-order valence-corrected chi connectivity index (χ3v) is 4.51. The third-order valence-electron chi connectivity index (χ3n) is 4.51. The summed E-state index contributed by atoms with van der Waals surface area (Å²) in [5.74, 6) is 0.655. The summed E-state index contributed by atoms with van der Waals surface area (Å²) in [4.78, 5) is 22.2. The molecule has 3 rings (SSSR count). The van der Waals surface area contributed by atoms with Crippen molar-refractivity contribution in [3.05, 3.63) is 12.3 Å². The van der Waals surface area contributed by atoms with Crippen LogP contribution in [0.2, 0.25) is 0 Å². The van der Waals surface area contributed by atoms with Gasteiger partial charge < -0.3 is 14.7 Å². The average molecular weight is 291 g/mol. The first-order valence-corrected chi connectivity index (χ1v) is 7.67. The van der Waals surface area contributed by atoms with Crippen molar-refractivity contribution in [1.29, 1.82) is 0 Å². The van der Waals surface area contributed by atoms with Crippen LogP contribution >= 0.6 is 0 Å². The zero-order chi connectivity index (χ0) is 14.8. The van der Waals surface area contributed by atoms with Crippen molar-refractivity contribution >= 4 is 11.9 Å². The highest BCUT2D eigenvalue weighted by Crippen LogP contribution is 2.41. The Morgan fingerprint density at radius 2 is 2.29 bits per heavy atom. The SMILES string of the molecule is CCOc1ccnc(N2C(C(=O)O)CC3CCCCC32)n1. The van der Waals surface area contributed by atoms with E-state index in [2.05, 4.69) is 9.97 Å². The summed E-state index contributed by atoms with van der Waals surface area (Å²) in [6, 6.07) is 1.43. The molecule has 0 spiro atoms.